The molecule has 4 heterocycles. The molecule has 4 aromatic rings. The molecule has 0 radical (unpaired) electrons. The monoisotopic (exact) mass is 390 g/mol. The molecule has 1 aromatic carbocycles. The van der Waals surface area contributed by atoms with E-state index in [0.717, 1.165) is 42.6 Å². The third-order valence-corrected chi connectivity index (χ3v) is 5.47. The number of pyridine rings is 1. The molecule has 0 saturated carbocycles. The maximum atomic E-state index is 9.92. The van der Waals surface area contributed by atoms with Crippen LogP contribution in [0.1, 0.15) is 24.4 Å². The number of nitrogens with one attached hydrogen (secondary N) is 1. The second kappa shape index (κ2) is 6.89. The fourth-order valence-corrected chi connectivity index (χ4v) is 3.74. The Balaban J connectivity index is 1.51. The Morgan fingerprint density at radius 2 is 2.00 bits per heavy atom. The van der Waals surface area contributed by atoms with Crippen LogP contribution in [-0.2, 0) is 0 Å². The molecule has 148 valence electrons. The smallest absolute Gasteiger partial charge is 0.231 e. The van der Waals surface area contributed by atoms with Crippen LogP contribution in [0.5, 0.6) is 5.75 Å². The van der Waals surface area contributed by atoms with Crippen LogP contribution in [0.4, 0.5) is 5.82 Å². The van der Waals surface area contributed by atoms with Crippen LogP contribution < -0.4 is 11.1 Å². The van der Waals surface area contributed by atoms with Gasteiger partial charge in [-0.1, -0.05) is 0 Å². The van der Waals surface area contributed by atoms with E-state index in [2.05, 4.69) is 26.6 Å². The number of oxazole rings is 1. The zero-order valence-electron chi connectivity index (χ0n) is 16.1. The summed E-state index contributed by atoms with van der Waals surface area (Å²) in [4.78, 5) is 8.82. The van der Waals surface area contributed by atoms with Crippen molar-refractivity contribution in [2.75, 3.05) is 18.8 Å². The molecular weight excluding hydrogens is 368 g/mol. The summed E-state index contributed by atoms with van der Waals surface area (Å²) >= 11 is 0. The summed E-state index contributed by atoms with van der Waals surface area (Å²) in [5.41, 5.74) is 10.5. The van der Waals surface area contributed by atoms with Crippen LogP contribution in [0.3, 0.4) is 0 Å². The summed E-state index contributed by atoms with van der Waals surface area (Å²) in [6.45, 7) is 3.84. The molecule has 29 heavy (non-hydrogen) atoms. The highest BCUT2D eigenvalue weighted by atomic mass is 16.3. The maximum absolute atomic E-state index is 9.92. The minimum Gasteiger partial charge on any atom is -0.508 e. The van der Waals surface area contributed by atoms with Gasteiger partial charge in [-0.25, -0.2) is 9.97 Å². The second-order valence-electron chi connectivity index (χ2n) is 7.47. The molecule has 0 atom stereocenters. The number of aryl methyl sites for hydroxylation is 1. The predicted molar refractivity (Wildman–Crippen MR) is 110 cm³/mol. The number of nitrogens with two attached hydrogens (primary N) is 1. The predicted octanol–water partition coefficient (Wildman–Crippen LogP) is 3.27. The number of piperidine rings is 1. The van der Waals surface area contributed by atoms with Crippen LogP contribution in [0.15, 0.2) is 41.2 Å². The van der Waals surface area contributed by atoms with Crippen molar-refractivity contribution < 1.29 is 9.52 Å². The van der Waals surface area contributed by atoms with E-state index in [1.807, 2.05) is 23.9 Å². The molecular formula is C21H22N6O2. The normalized spacial score (nSPS) is 15.2. The first-order chi connectivity index (χ1) is 14.1. The van der Waals surface area contributed by atoms with E-state index in [1.165, 1.54) is 0 Å². The highest BCUT2D eigenvalue weighted by Gasteiger charge is 2.18. The van der Waals surface area contributed by atoms with Gasteiger partial charge in [0.25, 0.3) is 0 Å². The Morgan fingerprint density at radius 3 is 2.83 bits per heavy atom. The van der Waals surface area contributed by atoms with Crippen LogP contribution in [-0.4, -0.2) is 37.9 Å². The van der Waals surface area contributed by atoms with Crippen molar-refractivity contribution in [1.82, 2.24) is 25.1 Å². The lowest BCUT2D eigenvalue weighted by Crippen LogP contribution is -2.29. The molecule has 1 fully saturated rings. The topological polar surface area (TPSA) is 115 Å². The van der Waals surface area contributed by atoms with Gasteiger partial charge in [0, 0.05) is 29.6 Å². The first-order valence-electron chi connectivity index (χ1n) is 9.70. The van der Waals surface area contributed by atoms with Gasteiger partial charge >= 0.3 is 0 Å². The van der Waals surface area contributed by atoms with Crippen molar-refractivity contribution in [2.45, 2.75) is 25.8 Å². The van der Waals surface area contributed by atoms with Gasteiger partial charge in [0.05, 0.1) is 17.8 Å². The van der Waals surface area contributed by atoms with E-state index < -0.39 is 0 Å². The van der Waals surface area contributed by atoms with Gasteiger partial charge in [-0.05, 0) is 50.6 Å². The average Bonchev–Trinajstić information content (AvgIpc) is 3.37. The van der Waals surface area contributed by atoms with Crippen LogP contribution in [0, 0.1) is 6.92 Å². The van der Waals surface area contributed by atoms with Gasteiger partial charge in [0.15, 0.2) is 5.58 Å². The molecule has 8 nitrogen and oxygen atoms in total. The zero-order valence-corrected chi connectivity index (χ0v) is 16.1. The van der Waals surface area contributed by atoms with E-state index >= 15 is 0 Å². The highest BCUT2D eigenvalue weighted by molar-refractivity contribution is 5.82. The molecule has 1 aliphatic rings. The number of rotatable bonds is 3. The molecule has 0 amide bonds. The summed E-state index contributed by atoms with van der Waals surface area (Å²) in [6, 6.07) is 5.69. The Bertz CT molecular complexity index is 1150. The van der Waals surface area contributed by atoms with Crippen molar-refractivity contribution in [3.8, 4) is 28.3 Å². The molecule has 0 bridgehead atoms. The SMILES string of the molecule is Cc1cc2oc(-c3cc(-c4cnn(C5CCNCC5)c4)cnc3N)nc2cc1O. The Kier molecular flexibility index (Phi) is 4.21. The van der Waals surface area contributed by atoms with E-state index in [4.69, 9.17) is 10.2 Å². The van der Waals surface area contributed by atoms with E-state index in [-0.39, 0.29) is 5.75 Å². The minimum absolute atomic E-state index is 0.183. The standard InChI is InChI=1S/C21H22N6O2/c1-12-6-19-17(8-18(12)28)26-21(29-19)16-7-13(9-24-20(16)22)14-10-25-27(11-14)15-2-4-23-5-3-15/h6-11,15,23,28H,2-5H2,1H3,(H2,22,24). The molecule has 1 saturated heterocycles. The summed E-state index contributed by atoms with van der Waals surface area (Å²) < 4.78 is 7.93. The van der Waals surface area contributed by atoms with Crippen LogP contribution >= 0.6 is 0 Å². The first kappa shape index (κ1) is 17.7. The summed E-state index contributed by atoms with van der Waals surface area (Å²) in [6.07, 6.45) is 7.79. The van der Waals surface area contributed by atoms with Gasteiger partial charge in [-0.3, -0.25) is 4.68 Å². The van der Waals surface area contributed by atoms with E-state index in [0.29, 0.717) is 34.4 Å². The quantitative estimate of drug-likeness (QED) is 0.492. The third-order valence-electron chi connectivity index (χ3n) is 5.47. The number of benzene rings is 1. The number of fused-ring (bicyclic) bond motifs is 1. The number of nitrogens with zero attached hydrogens (tertiary/aromatic N) is 4. The molecule has 3 aromatic heterocycles. The fraction of sp³-hybridized carbons (Fsp3) is 0.286. The fourth-order valence-electron chi connectivity index (χ4n) is 3.74. The second-order valence-corrected chi connectivity index (χ2v) is 7.47. The number of aromatic hydroxyl groups is 1. The lowest BCUT2D eigenvalue weighted by atomic mass is 10.1. The number of nitrogen functional groups attached to an aromatic ring is 1. The van der Waals surface area contributed by atoms with E-state index in [1.54, 1.807) is 18.3 Å². The highest BCUT2D eigenvalue weighted by Crippen LogP contribution is 2.33. The molecule has 1 aliphatic heterocycles. The molecule has 0 unspecified atom stereocenters. The molecule has 5 rings (SSSR count). The van der Waals surface area contributed by atoms with Crippen molar-refractivity contribution >= 4 is 16.9 Å². The van der Waals surface area contributed by atoms with Gasteiger partial charge in [-0.15, -0.1) is 0 Å². The van der Waals surface area contributed by atoms with Crippen LogP contribution in [0.2, 0.25) is 0 Å². The number of hydrogen-bond acceptors (Lipinski definition) is 7. The van der Waals surface area contributed by atoms with E-state index in [9.17, 15) is 5.11 Å². The Morgan fingerprint density at radius 1 is 1.17 bits per heavy atom. The Labute approximate surface area is 167 Å². The average molecular weight is 390 g/mol. The van der Waals surface area contributed by atoms with Crippen LogP contribution in [0.25, 0.3) is 33.7 Å². The minimum atomic E-state index is 0.183. The maximum Gasteiger partial charge on any atom is 0.231 e. The number of phenols is 1. The van der Waals surface area contributed by atoms with Gasteiger partial charge in [0.1, 0.15) is 17.1 Å². The van der Waals surface area contributed by atoms with Gasteiger partial charge in [-0.2, -0.15) is 5.10 Å². The van der Waals surface area contributed by atoms with Crippen molar-refractivity contribution in [2.24, 2.45) is 0 Å². The third kappa shape index (κ3) is 3.21. The van der Waals surface area contributed by atoms with Crippen molar-refractivity contribution in [3.63, 3.8) is 0 Å². The lowest BCUT2D eigenvalue weighted by molar-refractivity contribution is 0.343. The molecule has 8 heteroatoms. The Hall–Kier alpha value is -3.39. The number of anilines is 1. The lowest BCUT2D eigenvalue weighted by Gasteiger charge is -2.22. The van der Waals surface area contributed by atoms with Crippen molar-refractivity contribution in [3.05, 3.63) is 42.4 Å². The summed E-state index contributed by atoms with van der Waals surface area (Å²) in [5, 5.41) is 17.9. The molecule has 0 spiro atoms. The molecule has 4 N–H and O–H groups in total. The largest absolute Gasteiger partial charge is 0.508 e. The number of aromatic nitrogens is 4. The zero-order chi connectivity index (χ0) is 20.0. The van der Waals surface area contributed by atoms with Crippen molar-refractivity contribution in [1.29, 1.82) is 0 Å². The molecule has 0 aliphatic carbocycles. The summed E-state index contributed by atoms with van der Waals surface area (Å²) in [7, 11) is 0. The summed E-state index contributed by atoms with van der Waals surface area (Å²) in [5.74, 6) is 0.900. The van der Waals surface area contributed by atoms with Gasteiger partial charge < -0.3 is 20.6 Å². The first-order valence-corrected chi connectivity index (χ1v) is 9.70. The number of hydrogen-bond donors (Lipinski definition) is 3. The number of phenolic OH excluding ortho intramolecular Hbond substituents is 1. The van der Waals surface area contributed by atoms with Gasteiger partial charge in [0.2, 0.25) is 5.89 Å².